The van der Waals surface area contributed by atoms with Crippen LogP contribution >= 0.6 is 11.8 Å². The lowest BCUT2D eigenvalue weighted by Crippen LogP contribution is -2.58. The molecule has 4 atom stereocenters. The first kappa shape index (κ1) is 29.2. The number of phenols is 1. The first-order chi connectivity index (χ1) is 16.0. The minimum atomic E-state index is -1.32. The molecule has 0 fully saturated rings. The highest BCUT2D eigenvalue weighted by molar-refractivity contribution is 7.98. The van der Waals surface area contributed by atoms with E-state index in [4.69, 9.17) is 5.73 Å². The summed E-state index contributed by atoms with van der Waals surface area (Å²) in [6.45, 7) is 2.76. The van der Waals surface area contributed by atoms with Crippen molar-refractivity contribution in [3.8, 4) is 5.75 Å². The molecule has 0 saturated heterocycles. The van der Waals surface area contributed by atoms with Gasteiger partial charge in [-0.05, 0) is 42.0 Å². The summed E-state index contributed by atoms with van der Waals surface area (Å²) in [5, 5.41) is 35.8. The van der Waals surface area contributed by atoms with Crippen molar-refractivity contribution in [2.75, 3.05) is 18.6 Å². The highest BCUT2D eigenvalue weighted by atomic mass is 32.2. The van der Waals surface area contributed by atoms with Crippen molar-refractivity contribution in [1.82, 2.24) is 16.0 Å². The fourth-order valence-electron chi connectivity index (χ4n) is 2.88. The Bertz CT molecular complexity index is 835. The molecule has 0 heterocycles. The van der Waals surface area contributed by atoms with Crippen LogP contribution in [-0.4, -0.2) is 81.8 Å². The van der Waals surface area contributed by atoms with E-state index in [1.54, 1.807) is 26.0 Å². The first-order valence-electron chi connectivity index (χ1n) is 10.8. The summed E-state index contributed by atoms with van der Waals surface area (Å²) in [5.74, 6) is -3.06. The van der Waals surface area contributed by atoms with E-state index >= 15 is 0 Å². The number of nitrogens with two attached hydrogens (primary N) is 1. The predicted octanol–water partition coefficient (Wildman–Crippen LogP) is -0.798. The number of aliphatic hydroxyl groups excluding tert-OH is 1. The summed E-state index contributed by atoms with van der Waals surface area (Å²) in [7, 11) is 0. The number of phenolic OH excluding ortho intramolecular Hbond substituents is 1. The Hall–Kier alpha value is -2.83. The number of nitrogens with one attached hydrogen (secondary N) is 3. The zero-order chi connectivity index (χ0) is 25.8. The SMILES string of the molecule is CSCCC(NC(=O)C(CO)NC(=O)C(N)C(C)C)C(=O)NC(Cc1ccc(O)cc1)C(=O)O. The Kier molecular flexibility index (Phi) is 12.4. The molecule has 34 heavy (non-hydrogen) atoms. The molecule has 0 aliphatic carbocycles. The maximum Gasteiger partial charge on any atom is 0.326 e. The third-order valence-corrected chi connectivity index (χ3v) is 5.71. The van der Waals surface area contributed by atoms with Gasteiger partial charge in [-0.3, -0.25) is 14.4 Å². The third kappa shape index (κ3) is 9.57. The fourth-order valence-corrected chi connectivity index (χ4v) is 3.35. The summed E-state index contributed by atoms with van der Waals surface area (Å²) < 4.78 is 0. The second kappa shape index (κ2) is 14.4. The van der Waals surface area contributed by atoms with Crippen molar-refractivity contribution in [3.05, 3.63) is 29.8 Å². The van der Waals surface area contributed by atoms with Crippen LogP contribution in [0.2, 0.25) is 0 Å². The van der Waals surface area contributed by atoms with Crippen molar-refractivity contribution in [2.45, 2.75) is 50.9 Å². The Balaban J connectivity index is 2.90. The molecule has 1 aromatic rings. The fraction of sp³-hybridized carbons (Fsp3) is 0.545. The Morgan fingerprint density at radius 1 is 0.941 bits per heavy atom. The van der Waals surface area contributed by atoms with Crippen molar-refractivity contribution in [2.24, 2.45) is 11.7 Å². The minimum Gasteiger partial charge on any atom is -0.508 e. The van der Waals surface area contributed by atoms with Gasteiger partial charge in [0.05, 0.1) is 12.6 Å². The lowest BCUT2D eigenvalue weighted by atomic mass is 10.0. The number of hydrogen-bond acceptors (Lipinski definition) is 8. The standard InChI is InChI=1S/C22H34N4O7S/c1-12(2)18(23)21(31)26-17(11-27)20(30)24-15(8-9-34-3)19(29)25-16(22(32)33)10-13-4-6-14(28)7-5-13/h4-7,12,15-18,27-28H,8-11,23H2,1-3H3,(H,24,30)(H,25,29)(H,26,31)(H,32,33). The van der Waals surface area contributed by atoms with Gasteiger partial charge in [0.25, 0.3) is 0 Å². The molecule has 0 bridgehead atoms. The number of carbonyl (C=O) groups is 4. The molecule has 1 rings (SSSR count). The number of aliphatic hydroxyl groups is 1. The average molecular weight is 499 g/mol. The van der Waals surface area contributed by atoms with Crippen LogP contribution in [0.5, 0.6) is 5.75 Å². The van der Waals surface area contributed by atoms with E-state index in [9.17, 15) is 34.5 Å². The molecule has 1 aromatic carbocycles. The Labute approximate surface area is 202 Å². The number of hydrogen-bond donors (Lipinski definition) is 7. The van der Waals surface area contributed by atoms with Crippen LogP contribution in [-0.2, 0) is 25.6 Å². The lowest BCUT2D eigenvalue weighted by molar-refractivity contribution is -0.142. The molecule has 3 amide bonds. The molecule has 0 aliphatic rings. The van der Waals surface area contributed by atoms with Gasteiger partial charge in [-0.2, -0.15) is 11.8 Å². The highest BCUT2D eigenvalue weighted by Crippen LogP contribution is 2.12. The van der Waals surface area contributed by atoms with E-state index in [2.05, 4.69) is 16.0 Å². The molecular formula is C22H34N4O7S. The van der Waals surface area contributed by atoms with Crippen LogP contribution in [0.4, 0.5) is 0 Å². The van der Waals surface area contributed by atoms with Gasteiger partial charge in [0.1, 0.15) is 23.9 Å². The van der Waals surface area contributed by atoms with Crippen molar-refractivity contribution in [1.29, 1.82) is 0 Å². The topological polar surface area (TPSA) is 191 Å². The lowest BCUT2D eigenvalue weighted by Gasteiger charge is -2.25. The Morgan fingerprint density at radius 3 is 1.97 bits per heavy atom. The van der Waals surface area contributed by atoms with Crippen LogP contribution in [0, 0.1) is 5.92 Å². The summed E-state index contributed by atoms with van der Waals surface area (Å²) in [5.41, 5.74) is 6.35. The quantitative estimate of drug-likeness (QED) is 0.172. The van der Waals surface area contributed by atoms with Gasteiger partial charge in [0, 0.05) is 6.42 Å². The van der Waals surface area contributed by atoms with E-state index < -0.39 is 54.5 Å². The zero-order valence-corrected chi connectivity index (χ0v) is 20.3. The van der Waals surface area contributed by atoms with Crippen LogP contribution in [0.3, 0.4) is 0 Å². The van der Waals surface area contributed by atoms with Gasteiger partial charge in [0.15, 0.2) is 0 Å². The van der Waals surface area contributed by atoms with Crippen molar-refractivity contribution < 1.29 is 34.5 Å². The number of rotatable bonds is 14. The molecule has 190 valence electrons. The smallest absolute Gasteiger partial charge is 0.326 e. The van der Waals surface area contributed by atoms with Crippen LogP contribution in [0.25, 0.3) is 0 Å². The average Bonchev–Trinajstić information content (AvgIpc) is 2.79. The molecule has 8 N–H and O–H groups in total. The molecule has 11 nitrogen and oxygen atoms in total. The zero-order valence-electron chi connectivity index (χ0n) is 19.5. The number of carboxylic acid groups (broad SMARTS) is 1. The molecule has 4 unspecified atom stereocenters. The number of aliphatic carboxylic acids is 1. The molecule has 0 aliphatic heterocycles. The summed E-state index contributed by atoms with van der Waals surface area (Å²) in [4.78, 5) is 49.4. The van der Waals surface area contributed by atoms with Gasteiger partial charge in [-0.25, -0.2) is 4.79 Å². The van der Waals surface area contributed by atoms with E-state index in [-0.39, 0.29) is 24.5 Å². The number of amides is 3. The number of carbonyl (C=O) groups excluding carboxylic acids is 3. The van der Waals surface area contributed by atoms with Gasteiger partial charge >= 0.3 is 5.97 Å². The number of benzene rings is 1. The third-order valence-electron chi connectivity index (χ3n) is 5.07. The number of aromatic hydroxyl groups is 1. The summed E-state index contributed by atoms with van der Waals surface area (Å²) in [6, 6.07) is 1.33. The second-order valence-corrected chi connectivity index (χ2v) is 9.11. The normalized spacial score (nSPS) is 14.5. The van der Waals surface area contributed by atoms with E-state index in [1.807, 2.05) is 6.26 Å². The van der Waals surface area contributed by atoms with Gasteiger partial charge in [-0.15, -0.1) is 0 Å². The maximum absolute atomic E-state index is 12.9. The molecule has 0 aromatic heterocycles. The first-order valence-corrected chi connectivity index (χ1v) is 12.2. The van der Waals surface area contributed by atoms with Gasteiger partial charge in [-0.1, -0.05) is 26.0 Å². The molecule has 0 spiro atoms. The molecular weight excluding hydrogens is 464 g/mol. The second-order valence-electron chi connectivity index (χ2n) is 8.13. The number of carboxylic acids is 1. The summed E-state index contributed by atoms with van der Waals surface area (Å²) >= 11 is 1.43. The van der Waals surface area contributed by atoms with E-state index in [0.717, 1.165) is 0 Å². The van der Waals surface area contributed by atoms with Crippen molar-refractivity contribution in [3.63, 3.8) is 0 Å². The molecule has 12 heteroatoms. The Morgan fingerprint density at radius 2 is 1.47 bits per heavy atom. The van der Waals surface area contributed by atoms with Crippen molar-refractivity contribution >= 4 is 35.5 Å². The highest BCUT2D eigenvalue weighted by Gasteiger charge is 2.30. The van der Waals surface area contributed by atoms with Crippen LogP contribution in [0.1, 0.15) is 25.8 Å². The predicted molar refractivity (Wildman–Crippen MR) is 128 cm³/mol. The van der Waals surface area contributed by atoms with E-state index in [1.165, 1.54) is 23.9 Å². The monoisotopic (exact) mass is 498 g/mol. The minimum absolute atomic E-state index is 0.0272. The van der Waals surface area contributed by atoms with E-state index in [0.29, 0.717) is 11.3 Å². The largest absolute Gasteiger partial charge is 0.508 e. The van der Waals surface area contributed by atoms with Gasteiger partial charge < -0.3 is 37.0 Å². The van der Waals surface area contributed by atoms with Crippen LogP contribution in [0.15, 0.2) is 24.3 Å². The summed E-state index contributed by atoms with van der Waals surface area (Å²) in [6.07, 6.45) is 1.97. The van der Waals surface area contributed by atoms with Gasteiger partial charge in [0.2, 0.25) is 17.7 Å². The van der Waals surface area contributed by atoms with Crippen LogP contribution < -0.4 is 21.7 Å². The number of thioether (sulfide) groups is 1. The molecule has 0 radical (unpaired) electrons. The molecule has 0 saturated carbocycles. The maximum atomic E-state index is 12.9.